The van der Waals surface area contributed by atoms with Crippen molar-refractivity contribution in [3.63, 3.8) is 0 Å². The third-order valence-electron chi connectivity index (χ3n) is 8.03. The Morgan fingerprint density at radius 3 is 2.58 bits per heavy atom. The minimum atomic E-state index is -1.68. The molecule has 10 heteroatoms. The molecule has 2 atom stereocenters. The number of nitrogens with zero attached hydrogens (tertiary/aromatic N) is 1. The molecule has 0 unspecified atom stereocenters. The zero-order chi connectivity index (χ0) is 31.1. The first-order valence-electron chi connectivity index (χ1n) is 14.4. The fourth-order valence-electron chi connectivity index (χ4n) is 6.01. The number of hydrogen-bond donors (Lipinski definition) is 3. The summed E-state index contributed by atoms with van der Waals surface area (Å²) in [6, 6.07) is 13.1. The Morgan fingerprint density at radius 2 is 1.88 bits per heavy atom. The fraction of sp³-hybridized carbons (Fsp3) is 0.394. The molecule has 3 N–H and O–H groups in total. The van der Waals surface area contributed by atoms with Crippen molar-refractivity contribution in [2.24, 2.45) is 5.92 Å². The highest BCUT2D eigenvalue weighted by molar-refractivity contribution is 5.94. The minimum Gasteiger partial charge on any atom is -0.453 e. The van der Waals surface area contributed by atoms with Gasteiger partial charge in [0, 0.05) is 37.7 Å². The normalized spacial score (nSPS) is 16.4. The summed E-state index contributed by atoms with van der Waals surface area (Å²) in [5.41, 5.74) is 0.170. The fourth-order valence-corrected chi connectivity index (χ4v) is 6.01. The van der Waals surface area contributed by atoms with Gasteiger partial charge in [0.1, 0.15) is 17.5 Å². The van der Waals surface area contributed by atoms with E-state index in [0.717, 1.165) is 0 Å². The molecule has 0 aliphatic carbocycles. The Morgan fingerprint density at radius 1 is 1.09 bits per heavy atom. The summed E-state index contributed by atoms with van der Waals surface area (Å²) < 4.78 is 49.7. The predicted octanol–water partition coefficient (Wildman–Crippen LogP) is 5.67. The molecule has 1 aliphatic rings. The average Bonchev–Trinajstić information content (AvgIpc) is 2.98. The van der Waals surface area contributed by atoms with Crippen LogP contribution in [0.5, 0.6) is 0 Å². The average molecular weight is 598 g/mol. The maximum absolute atomic E-state index is 15.6. The summed E-state index contributed by atoms with van der Waals surface area (Å²) in [4.78, 5) is 26.7. The maximum atomic E-state index is 15.6. The molecular formula is C33H38F3N3O4. The lowest BCUT2D eigenvalue weighted by molar-refractivity contribution is -0.0565. The Kier molecular flexibility index (Phi) is 10.5. The lowest BCUT2D eigenvalue weighted by Gasteiger charge is -2.43. The summed E-state index contributed by atoms with van der Waals surface area (Å²) in [6.45, 7) is 2.79. The SMILES string of the molecule is CNCc1ccc(C(=O)N2CCC[C@@H]([C@@](O)(CCCNC(=O)OC)c3cccc(F)c3-c3cc(C)cc(F)c3)C2)c(F)c1. The van der Waals surface area contributed by atoms with Crippen LogP contribution in [0.25, 0.3) is 11.1 Å². The van der Waals surface area contributed by atoms with Crippen molar-refractivity contribution in [1.82, 2.24) is 15.5 Å². The molecule has 1 saturated heterocycles. The van der Waals surface area contributed by atoms with Crippen LogP contribution in [-0.2, 0) is 16.9 Å². The molecular weight excluding hydrogens is 559 g/mol. The van der Waals surface area contributed by atoms with Gasteiger partial charge >= 0.3 is 6.09 Å². The van der Waals surface area contributed by atoms with Crippen molar-refractivity contribution in [2.75, 3.05) is 33.8 Å². The number of piperidine rings is 1. The van der Waals surface area contributed by atoms with Gasteiger partial charge < -0.3 is 25.4 Å². The van der Waals surface area contributed by atoms with Crippen LogP contribution in [0.4, 0.5) is 18.0 Å². The van der Waals surface area contributed by atoms with Crippen LogP contribution in [-0.4, -0.2) is 55.8 Å². The van der Waals surface area contributed by atoms with E-state index in [0.29, 0.717) is 43.5 Å². The number of hydrogen-bond acceptors (Lipinski definition) is 5. The molecule has 0 bridgehead atoms. The van der Waals surface area contributed by atoms with E-state index in [1.165, 1.54) is 48.4 Å². The summed E-state index contributed by atoms with van der Waals surface area (Å²) in [7, 11) is 2.99. The number of rotatable bonds is 10. The van der Waals surface area contributed by atoms with E-state index in [9.17, 15) is 23.5 Å². The van der Waals surface area contributed by atoms with Crippen LogP contribution >= 0.6 is 0 Å². The van der Waals surface area contributed by atoms with Crippen molar-refractivity contribution in [1.29, 1.82) is 0 Å². The molecule has 2 amide bonds. The third-order valence-corrected chi connectivity index (χ3v) is 8.03. The van der Waals surface area contributed by atoms with Gasteiger partial charge in [0.05, 0.1) is 18.3 Å². The molecule has 3 aromatic carbocycles. The van der Waals surface area contributed by atoms with E-state index in [-0.39, 0.29) is 41.8 Å². The zero-order valence-electron chi connectivity index (χ0n) is 24.7. The van der Waals surface area contributed by atoms with Crippen molar-refractivity contribution in [3.05, 3.63) is 94.3 Å². The van der Waals surface area contributed by atoms with Gasteiger partial charge in [0.15, 0.2) is 0 Å². The summed E-state index contributed by atoms with van der Waals surface area (Å²) in [5, 5.41) is 18.1. The molecule has 0 saturated carbocycles. The molecule has 3 aromatic rings. The minimum absolute atomic E-state index is 0.0620. The molecule has 0 spiro atoms. The van der Waals surface area contributed by atoms with Crippen molar-refractivity contribution in [2.45, 2.75) is 44.8 Å². The van der Waals surface area contributed by atoms with Crippen LogP contribution in [0.1, 0.15) is 52.7 Å². The molecule has 230 valence electrons. The number of carbonyl (C=O) groups is 2. The highest BCUT2D eigenvalue weighted by Crippen LogP contribution is 2.44. The standard InChI is InChI=1S/C33H38F3N3O4/c1-21-15-23(18-25(34)16-21)30-27(8-4-9-28(30)35)33(42,12-6-13-38-32(41)43-3)24-7-5-14-39(20-24)31(40)26-11-10-22(19-37-2)17-29(26)36/h4,8-11,15-18,24,37,42H,5-7,12-14,19-20H2,1-3H3,(H,38,41)/t24-,33+/m1/s1. The number of likely N-dealkylation sites (tertiary alicyclic amines) is 1. The molecule has 4 rings (SSSR count). The molecule has 43 heavy (non-hydrogen) atoms. The van der Waals surface area contributed by atoms with E-state index in [1.807, 2.05) is 0 Å². The van der Waals surface area contributed by atoms with Gasteiger partial charge in [-0.1, -0.05) is 24.3 Å². The van der Waals surface area contributed by atoms with E-state index >= 15 is 4.39 Å². The summed E-state index contributed by atoms with van der Waals surface area (Å²) >= 11 is 0. The number of methoxy groups -OCH3 is 1. The van der Waals surface area contributed by atoms with E-state index in [1.54, 1.807) is 32.2 Å². The number of carbonyl (C=O) groups excluding carboxylic acids is 2. The number of halogens is 3. The van der Waals surface area contributed by atoms with Crippen molar-refractivity contribution >= 4 is 12.0 Å². The second-order valence-corrected chi connectivity index (χ2v) is 11.1. The van der Waals surface area contributed by atoms with E-state index in [2.05, 4.69) is 15.4 Å². The highest BCUT2D eigenvalue weighted by Gasteiger charge is 2.43. The Bertz CT molecular complexity index is 1450. The van der Waals surface area contributed by atoms with Gasteiger partial charge in [0.2, 0.25) is 0 Å². The number of nitrogens with one attached hydrogen (secondary N) is 2. The lowest BCUT2D eigenvalue weighted by atomic mass is 9.72. The third kappa shape index (κ3) is 7.37. The molecule has 1 fully saturated rings. The number of aliphatic hydroxyl groups is 1. The van der Waals surface area contributed by atoms with E-state index < -0.39 is 41.0 Å². The topological polar surface area (TPSA) is 90.9 Å². The predicted molar refractivity (Wildman–Crippen MR) is 158 cm³/mol. The Labute approximate surface area is 250 Å². The zero-order valence-corrected chi connectivity index (χ0v) is 24.7. The Balaban J connectivity index is 1.71. The van der Waals surface area contributed by atoms with Gasteiger partial charge in [-0.3, -0.25) is 4.79 Å². The summed E-state index contributed by atoms with van der Waals surface area (Å²) in [6.07, 6.45) is 0.814. The number of benzene rings is 3. The van der Waals surface area contributed by atoms with Crippen molar-refractivity contribution in [3.8, 4) is 11.1 Å². The quantitative estimate of drug-likeness (QED) is 0.262. The van der Waals surface area contributed by atoms with Crippen LogP contribution in [0, 0.1) is 30.3 Å². The number of amides is 2. The largest absolute Gasteiger partial charge is 0.453 e. The van der Waals surface area contributed by atoms with Crippen LogP contribution in [0.15, 0.2) is 54.6 Å². The number of ether oxygens (including phenoxy) is 1. The van der Waals surface area contributed by atoms with E-state index in [4.69, 9.17) is 0 Å². The highest BCUT2D eigenvalue weighted by atomic mass is 19.1. The molecule has 7 nitrogen and oxygen atoms in total. The maximum Gasteiger partial charge on any atom is 0.406 e. The lowest BCUT2D eigenvalue weighted by Crippen LogP contribution is -2.48. The van der Waals surface area contributed by atoms with Gasteiger partial charge in [-0.2, -0.15) is 0 Å². The number of alkyl carbamates (subject to hydrolysis) is 1. The first kappa shape index (κ1) is 32.0. The smallest absolute Gasteiger partial charge is 0.406 e. The first-order chi connectivity index (χ1) is 20.6. The van der Waals surface area contributed by atoms with Gasteiger partial charge in [0.25, 0.3) is 5.91 Å². The second-order valence-electron chi connectivity index (χ2n) is 11.1. The monoisotopic (exact) mass is 597 g/mol. The molecule has 0 radical (unpaired) electrons. The summed E-state index contributed by atoms with van der Waals surface area (Å²) in [5.74, 6) is -2.84. The molecule has 0 aromatic heterocycles. The second kappa shape index (κ2) is 14.1. The molecule has 1 aliphatic heterocycles. The number of aryl methyl sites for hydroxylation is 1. The van der Waals surface area contributed by atoms with Crippen LogP contribution in [0.3, 0.4) is 0 Å². The van der Waals surface area contributed by atoms with Gasteiger partial charge in [-0.05, 0) is 92.2 Å². The van der Waals surface area contributed by atoms with Crippen LogP contribution in [0.2, 0.25) is 0 Å². The van der Waals surface area contributed by atoms with Crippen LogP contribution < -0.4 is 10.6 Å². The van der Waals surface area contributed by atoms with Gasteiger partial charge in [-0.25, -0.2) is 18.0 Å². The first-order valence-corrected chi connectivity index (χ1v) is 14.4. The molecule has 1 heterocycles. The van der Waals surface area contributed by atoms with Gasteiger partial charge in [-0.15, -0.1) is 0 Å². The Hall–Kier alpha value is -3.89. The van der Waals surface area contributed by atoms with Crippen molar-refractivity contribution < 1.29 is 32.6 Å².